The lowest BCUT2D eigenvalue weighted by Gasteiger charge is -2.34. The van der Waals surface area contributed by atoms with E-state index in [-0.39, 0.29) is 12.0 Å². The molecule has 1 aromatic carbocycles. The van der Waals surface area contributed by atoms with E-state index >= 15 is 0 Å². The number of likely N-dealkylation sites (tertiary alicyclic amines) is 1. The minimum atomic E-state index is 0.183. The molecule has 1 saturated heterocycles. The van der Waals surface area contributed by atoms with Crippen LogP contribution in [0.5, 0.6) is 0 Å². The number of likely N-dealkylation sites (N-methyl/N-ethyl adjacent to an activating group) is 1. The smallest absolute Gasteiger partial charge is 0.225 e. The van der Waals surface area contributed by atoms with Crippen LogP contribution < -0.4 is 5.32 Å². The van der Waals surface area contributed by atoms with E-state index in [1.165, 1.54) is 11.1 Å². The summed E-state index contributed by atoms with van der Waals surface area (Å²) in [6.45, 7) is 5.83. The third kappa shape index (κ3) is 3.16. The number of nitrogens with one attached hydrogen (secondary N) is 1. The lowest BCUT2D eigenvalue weighted by atomic mass is 9.96. The topological polar surface area (TPSA) is 32.3 Å². The zero-order valence-corrected chi connectivity index (χ0v) is 12.1. The van der Waals surface area contributed by atoms with Crippen LogP contribution in [0.15, 0.2) is 24.3 Å². The van der Waals surface area contributed by atoms with Gasteiger partial charge in [0.25, 0.3) is 0 Å². The van der Waals surface area contributed by atoms with Gasteiger partial charge in [-0.15, -0.1) is 0 Å². The molecule has 1 fully saturated rings. The van der Waals surface area contributed by atoms with Crippen molar-refractivity contribution < 1.29 is 4.79 Å². The zero-order chi connectivity index (χ0) is 13.8. The van der Waals surface area contributed by atoms with Crippen LogP contribution in [-0.2, 0) is 4.79 Å². The van der Waals surface area contributed by atoms with Gasteiger partial charge in [-0.2, -0.15) is 0 Å². The highest BCUT2D eigenvalue weighted by molar-refractivity contribution is 5.79. The van der Waals surface area contributed by atoms with Gasteiger partial charge in [0.15, 0.2) is 0 Å². The molecule has 0 bridgehead atoms. The molecule has 0 spiro atoms. The molecule has 1 aromatic rings. The molecule has 19 heavy (non-hydrogen) atoms. The van der Waals surface area contributed by atoms with Crippen molar-refractivity contribution in [1.29, 1.82) is 0 Å². The highest BCUT2D eigenvalue weighted by atomic mass is 16.2. The summed E-state index contributed by atoms with van der Waals surface area (Å²) in [5.74, 6) is 0.489. The Morgan fingerprint density at radius 2 is 2.16 bits per heavy atom. The lowest BCUT2D eigenvalue weighted by Crippen LogP contribution is -2.44. The van der Waals surface area contributed by atoms with Crippen LogP contribution in [0.25, 0.3) is 0 Å². The summed E-state index contributed by atoms with van der Waals surface area (Å²) in [6.07, 6.45) is 2.15. The van der Waals surface area contributed by atoms with E-state index in [2.05, 4.69) is 36.5 Å². The average Bonchev–Trinajstić information content (AvgIpc) is 2.41. The van der Waals surface area contributed by atoms with Crippen molar-refractivity contribution in [2.75, 3.05) is 20.1 Å². The molecule has 2 unspecified atom stereocenters. The predicted molar refractivity (Wildman–Crippen MR) is 78.0 cm³/mol. The van der Waals surface area contributed by atoms with E-state index in [0.717, 1.165) is 25.9 Å². The SMILES string of the molecule is CNC(CN1CCCC(C)C1=O)c1ccccc1C. The Bertz CT molecular complexity index is 444. The molecular weight excluding hydrogens is 236 g/mol. The Morgan fingerprint density at radius 1 is 1.42 bits per heavy atom. The molecule has 0 saturated carbocycles. The van der Waals surface area contributed by atoms with Gasteiger partial charge in [0, 0.05) is 25.0 Å². The molecule has 3 heteroatoms. The quantitative estimate of drug-likeness (QED) is 0.902. The highest BCUT2D eigenvalue weighted by Crippen LogP contribution is 2.22. The molecular formula is C16H24N2O. The minimum absolute atomic E-state index is 0.183. The van der Waals surface area contributed by atoms with E-state index in [9.17, 15) is 4.79 Å². The molecule has 104 valence electrons. The second-order valence-electron chi connectivity index (χ2n) is 5.53. The van der Waals surface area contributed by atoms with E-state index in [1.807, 2.05) is 18.9 Å². The summed E-state index contributed by atoms with van der Waals surface area (Å²) >= 11 is 0. The number of nitrogens with zero attached hydrogens (tertiary/aromatic N) is 1. The van der Waals surface area contributed by atoms with Gasteiger partial charge in [0.2, 0.25) is 5.91 Å². The number of carbonyl (C=O) groups is 1. The molecule has 1 aliphatic rings. The van der Waals surface area contributed by atoms with Crippen molar-refractivity contribution >= 4 is 5.91 Å². The summed E-state index contributed by atoms with van der Waals surface area (Å²) in [7, 11) is 1.97. The first kappa shape index (κ1) is 14.1. The predicted octanol–water partition coefficient (Wildman–Crippen LogP) is 2.51. The number of amides is 1. The van der Waals surface area contributed by atoms with Gasteiger partial charge in [0.05, 0.1) is 0 Å². The molecule has 0 aliphatic carbocycles. The summed E-state index contributed by atoms with van der Waals surface area (Å²) in [5, 5.41) is 3.35. The molecule has 0 radical (unpaired) electrons. The Kier molecular flexibility index (Phi) is 4.59. The maximum atomic E-state index is 12.2. The van der Waals surface area contributed by atoms with Crippen LogP contribution >= 0.6 is 0 Å². The fourth-order valence-corrected chi connectivity index (χ4v) is 2.86. The van der Waals surface area contributed by atoms with Gasteiger partial charge in [-0.25, -0.2) is 0 Å². The van der Waals surface area contributed by atoms with Crippen LogP contribution in [-0.4, -0.2) is 30.9 Å². The van der Waals surface area contributed by atoms with E-state index in [1.54, 1.807) is 0 Å². The van der Waals surface area contributed by atoms with Crippen molar-refractivity contribution in [2.24, 2.45) is 5.92 Å². The monoisotopic (exact) mass is 260 g/mol. The summed E-state index contributed by atoms with van der Waals surface area (Å²) < 4.78 is 0. The van der Waals surface area contributed by atoms with E-state index in [4.69, 9.17) is 0 Å². The zero-order valence-electron chi connectivity index (χ0n) is 12.1. The molecule has 1 heterocycles. The molecule has 2 atom stereocenters. The molecule has 1 N–H and O–H groups in total. The molecule has 1 aliphatic heterocycles. The first-order valence-corrected chi connectivity index (χ1v) is 7.15. The number of aryl methyl sites for hydroxylation is 1. The number of rotatable bonds is 4. The van der Waals surface area contributed by atoms with Crippen molar-refractivity contribution in [1.82, 2.24) is 10.2 Å². The third-order valence-electron chi connectivity index (χ3n) is 4.11. The van der Waals surface area contributed by atoms with Gasteiger partial charge in [-0.3, -0.25) is 4.79 Å². The van der Waals surface area contributed by atoms with Crippen LogP contribution in [0, 0.1) is 12.8 Å². The van der Waals surface area contributed by atoms with Gasteiger partial charge >= 0.3 is 0 Å². The lowest BCUT2D eigenvalue weighted by molar-refractivity contribution is -0.138. The minimum Gasteiger partial charge on any atom is -0.341 e. The van der Waals surface area contributed by atoms with Crippen LogP contribution in [0.3, 0.4) is 0 Å². The Balaban J connectivity index is 2.11. The van der Waals surface area contributed by atoms with E-state index < -0.39 is 0 Å². The van der Waals surface area contributed by atoms with Crippen molar-refractivity contribution in [3.8, 4) is 0 Å². The maximum Gasteiger partial charge on any atom is 0.225 e. The summed E-state index contributed by atoms with van der Waals surface area (Å²) in [6, 6.07) is 8.61. The first-order valence-electron chi connectivity index (χ1n) is 7.15. The number of benzene rings is 1. The summed E-state index contributed by atoms with van der Waals surface area (Å²) in [5.41, 5.74) is 2.57. The van der Waals surface area contributed by atoms with Gasteiger partial charge < -0.3 is 10.2 Å². The van der Waals surface area contributed by atoms with Crippen molar-refractivity contribution in [3.63, 3.8) is 0 Å². The highest BCUT2D eigenvalue weighted by Gasteiger charge is 2.27. The Morgan fingerprint density at radius 3 is 2.84 bits per heavy atom. The fourth-order valence-electron chi connectivity index (χ4n) is 2.86. The number of piperidine rings is 1. The second-order valence-corrected chi connectivity index (χ2v) is 5.53. The molecule has 1 amide bonds. The molecule has 2 rings (SSSR count). The normalized spacial score (nSPS) is 21.5. The van der Waals surface area contributed by atoms with Crippen LogP contribution in [0.1, 0.15) is 36.9 Å². The fraction of sp³-hybridized carbons (Fsp3) is 0.562. The van der Waals surface area contributed by atoms with Gasteiger partial charge in [-0.05, 0) is 37.9 Å². The number of hydrogen-bond acceptors (Lipinski definition) is 2. The number of carbonyl (C=O) groups excluding carboxylic acids is 1. The standard InChI is InChI=1S/C16H24N2O/c1-12-7-4-5-9-14(12)15(17-3)11-18-10-6-8-13(2)16(18)19/h4-5,7,9,13,15,17H,6,8,10-11H2,1-3H3. The van der Waals surface area contributed by atoms with Crippen LogP contribution in [0.4, 0.5) is 0 Å². The largest absolute Gasteiger partial charge is 0.341 e. The summed E-state index contributed by atoms with van der Waals surface area (Å²) in [4.78, 5) is 14.2. The van der Waals surface area contributed by atoms with Crippen LogP contribution in [0.2, 0.25) is 0 Å². The van der Waals surface area contributed by atoms with Crippen molar-refractivity contribution in [3.05, 3.63) is 35.4 Å². The first-order chi connectivity index (χ1) is 9.13. The second kappa shape index (κ2) is 6.20. The van der Waals surface area contributed by atoms with Gasteiger partial charge in [0.1, 0.15) is 0 Å². The maximum absolute atomic E-state index is 12.2. The van der Waals surface area contributed by atoms with Gasteiger partial charge in [-0.1, -0.05) is 31.2 Å². The van der Waals surface area contributed by atoms with Crippen molar-refractivity contribution in [2.45, 2.75) is 32.7 Å². The van der Waals surface area contributed by atoms with E-state index in [0.29, 0.717) is 5.91 Å². The molecule has 0 aromatic heterocycles. The number of hydrogen-bond donors (Lipinski definition) is 1. The average molecular weight is 260 g/mol. The third-order valence-corrected chi connectivity index (χ3v) is 4.11. The Hall–Kier alpha value is -1.35. The molecule has 3 nitrogen and oxygen atoms in total. The Labute approximate surface area is 116 Å².